The Balaban J connectivity index is 2.37. The first-order valence-corrected chi connectivity index (χ1v) is 7.26. The molecule has 0 atom stereocenters. The van der Waals surface area contributed by atoms with Crippen molar-refractivity contribution >= 4 is 23.6 Å². The van der Waals surface area contributed by atoms with E-state index in [1.807, 2.05) is 4.90 Å². The number of amides is 1. The molecular weight excluding hydrogens is 238 g/mol. The summed E-state index contributed by atoms with van der Waals surface area (Å²) in [7, 11) is 0. The van der Waals surface area contributed by atoms with Gasteiger partial charge in [0.05, 0.1) is 11.5 Å². The molecule has 1 N–H and O–H groups in total. The summed E-state index contributed by atoms with van der Waals surface area (Å²) in [6.45, 7) is 6.02. The van der Waals surface area contributed by atoms with E-state index in [1.165, 1.54) is 11.8 Å². The SMILES string of the molecule is CCC1(CC)CCN(C(=O)CSCC(=O)O)C1. The largest absolute Gasteiger partial charge is 0.481 e. The van der Waals surface area contributed by atoms with Gasteiger partial charge in [0.2, 0.25) is 5.91 Å². The zero-order valence-corrected chi connectivity index (χ0v) is 11.4. The normalized spacial score (nSPS) is 18.4. The van der Waals surface area contributed by atoms with Gasteiger partial charge < -0.3 is 10.0 Å². The molecule has 1 fully saturated rings. The van der Waals surface area contributed by atoms with Crippen LogP contribution in [0.4, 0.5) is 0 Å². The van der Waals surface area contributed by atoms with E-state index in [9.17, 15) is 9.59 Å². The van der Waals surface area contributed by atoms with Crippen LogP contribution in [-0.2, 0) is 9.59 Å². The van der Waals surface area contributed by atoms with E-state index in [0.717, 1.165) is 32.4 Å². The minimum absolute atomic E-state index is 0.00623. The molecule has 17 heavy (non-hydrogen) atoms. The number of nitrogens with zero attached hydrogens (tertiary/aromatic N) is 1. The van der Waals surface area contributed by atoms with Gasteiger partial charge in [-0.15, -0.1) is 11.8 Å². The van der Waals surface area contributed by atoms with E-state index in [0.29, 0.717) is 5.41 Å². The summed E-state index contributed by atoms with van der Waals surface area (Å²) < 4.78 is 0. The number of carbonyl (C=O) groups is 2. The van der Waals surface area contributed by atoms with Gasteiger partial charge >= 0.3 is 5.97 Å². The van der Waals surface area contributed by atoms with Crippen molar-refractivity contribution in [1.82, 2.24) is 4.90 Å². The molecule has 5 heteroatoms. The third-order valence-electron chi connectivity index (χ3n) is 3.74. The molecule has 1 amide bonds. The van der Waals surface area contributed by atoms with E-state index < -0.39 is 5.97 Å². The van der Waals surface area contributed by atoms with Crippen molar-refractivity contribution in [3.8, 4) is 0 Å². The lowest BCUT2D eigenvalue weighted by Crippen LogP contribution is -2.33. The van der Waals surface area contributed by atoms with Gasteiger partial charge in [-0.2, -0.15) is 0 Å². The molecule has 1 aliphatic rings. The highest BCUT2D eigenvalue weighted by Crippen LogP contribution is 2.37. The Hall–Kier alpha value is -0.710. The second-order valence-corrected chi connectivity index (χ2v) is 5.64. The number of hydrogen-bond donors (Lipinski definition) is 1. The van der Waals surface area contributed by atoms with Gasteiger partial charge in [-0.25, -0.2) is 0 Å². The number of thioether (sulfide) groups is 1. The van der Waals surface area contributed by atoms with Crippen LogP contribution in [0.1, 0.15) is 33.1 Å². The maximum absolute atomic E-state index is 11.9. The summed E-state index contributed by atoms with van der Waals surface area (Å²) >= 11 is 1.18. The zero-order chi connectivity index (χ0) is 12.9. The summed E-state index contributed by atoms with van der Waals surface area (Å²) in [5, 5.41) is 8.51. The lowest BCUT2D eigenvalue weighted by atomic mass is 9.82. The maximum atomic E-state index is 11.9. The van der Waals surface area contributed by atoms with Crippen molar-refractivity contribution in [2.75, 3.05) is 24.6 Å². The van der Waals surface area contributed by atoms with Gasteiger partial charge in [0.15, 0.2) is 0 Å². The van der Waals surface area contributed by atoms with E-state index >= 15 is 0 Å². The molecule has 0 radical (unpaired) electrons. The number of aliphatic carboxylic acids is 1. The minimum atomic E-state index is -0.860. The predicted octanol–water partition coefficient (Wildman–Crippen LogP) is 1.84. The molecule has 0 aromatic carbocycles. The lowest BCUT2D eigenvalue weighted by Gasteiger charge is -2.26. The second kappa shape index (κ2) is 6.28. The summed E-state index contributed by atoms with van der Waals surface area (Å²) in [6, 6.07) is 0. The van der Waals surface area contributed by atoms with Crippen molar-refractivity contribution in [2.45, 2.75) is 33.1 Å². The van der Waals surface area contributed by atoms with E-state index in [-0.39, 0.29) is 17.4 Å². The fraction of sp³-hybridized carbons (Fsp3) is 0.833. The number of rotatable bonds is 6. The summed E-state index contributed by atoms with van der Waals surface area (Å²) in [5.74, 6) is -0.483. The molecule has 1 rings (SSSR count). The molecule has 4 nitrogen and oxygen atoms in total. The molecule has 98 valence electrons. The average molecular weight is 259 g/mol. The monoisotopic (exact) mass is 259 g/mol. The van der Waals surface area contributed by atoms with Crippen LogP contribution in [0.2, 0.25) is 0 Å². The van der Waals surface area contributed by atoms with E-state index in [1.54, 1.807) is 0 Å². The number of hydrogen-bond acceptors (Lipinski definition) is 3. The van der Waals surface area contributed by atoms with Gasteiger partial charge in [0.1, 0.15) is 0 Å². The van der Waals surface area contributed by atoms with Crippen LogP contribution in [0.3, 0.4) is 0 Å². The predicted molar refractivity (Wildman–Crippen MR) is 69.2 cm³/mol. The smallest absolute Gasteiger partial charge is 0.313 e. The molecule has 0 bridgehead atoms. The van der Waals surface area contributed by atoms with Gasteiger partial charge in [0.25, 0.3) is 0 Å². The highest BCUT2D eigenvalue weighted by molar-refractivity contribution is 8.00. The Bertz CT molecular complexity index is 289. The Morgan fingerprint density at radius 3 is 2.41 bits per heavy atom. The molecule has 0 unspecified atom stereocenters. The number of carboxylic acids is 1. The quantitative estimate of drug-likeness (QED) is 0.791. The molecule has 0 aromatic rings. The Kier molecular flexibility index (Phi) is 5.31. The topological polar surface area (TPSA) is 57.6 Å². The molecule has 0 saturated carbocycles. The molecule has 1 heterocycles. The minimum Gasteiger partial charge on any atom is -0.481 e. The highest BCUT2D eigenvalue weighted by atomic mass is 32.2. The van der Waals surface area contributed by atoms with Crippen LogP contribution in [0, 0.1) is 5.41 Å². The van der Waals surface area contributed by atoms with Crippen molar-refractivity contribution in [1.29, 1.82) is 0 Å². The molecule has 0 aromatic heterocycles. The first kappa shape index (κ1) is 14.4. The summed E-state index contributed by atoms with van der Waals surface area (Å²) in [5.41, 5.74) is 0.299. The highest BCUT2D eigenvalue weighted by Gasteiger charge is 2.36. The Labute approximate surface area is 107 Å². The Morgan fingerprint density at radius 1 is 1.29 bits per heavy atom. The van der Waals surface area contributed by atoms with Crippen molar-refractivity contribution < 1.29 is 14.7 Å². The van der Waals surface area contributed by atoms with Gasteiger partial charge in [-0.1, -0.05) is 13.8 Å². The summed E-state index contributed by atoms with van der Waals surface area (Å²) in [6.07, 6.45) is 3.29. The molecule has 0 spiro atoms. The molecule has 1 aliphatic heterocycles. The van der Waals surface area contributed by atoms with Crippen LogP contribution in [-0.4, -0.2) is 46.5 Å². The third-order valence-corrected chi connectivity index (χ3v) is 4.64. The van der Waals surface area contributed by atoms with Crippen LogP contribution in [0.15, 0.2) is 0 Å². The van der Waals surface area contributed by atoms with Crippen LogP contribution >= 0.6 is 11.8 Å². The van der Waals surface area contributed by atoms with E-state index in [2.05, 4.69) is 13.8 Å². The van der Waals surface area contributed by atoms with Crippen molar-refractivity contribution in [3.05, 3.63) is 0 Å². The van der Waals surface area contributed by atoms with E-state index in [4.69, 9.17) is 5.11 Å². The number of carbonyl (C=O) groups excluding carboxylic acids is 1. The number of carboxylic acid groups (broad SMARTS) is 1. The van der Waals surface area contributed by atoms with Crippen molar-refractivity contribution in [2.24, 2.45) is 5.41 Å². The third kappa shape index (κ3) is 3.91. The van der Waals surface area contributed by atoms with Gasteiger partial charge in [0, 0.05) is 13.1 Å². The van der Waals surface area contributed by atoms with Crippen molar-refractivity contribution in [3.63, 3.8) is 0 Å². The molecule has 0 aliphatic carbocycles. The number of likely N-dealkylation sites (tertiary alicyclic amines) is 1. The molecule has 1 saturated heterocycles. The summed E-state index contributed by atoms with van der Waals surface area (Å²) in [4.78, 5) is 24.1. The standard InChI is InChI=1S/C12H21NO3S/c1-3-12(4-2)5-6-13(9-12)10(14)7-17-8-11(15)16/h3-9H2,1-2H3,(H,15,16). The van der Waals surface area contributed by atoms with Crippen LogP contribution in [0.25, 0.3) is 0 Å². The Morgan fingerprint density at radius 2 is 1.94 bits per heavy atom. The van der Waals surface area contributed by atoms with Crippen LogP contribution in [0.5, 0.6) is 0 Å². The second-order valence-electron chi connectivity index (χ2n) is 4.66. The fourth-order valence-electron chi connectivity index (χ4n) is 2.29. The lowest BCUT2D eigenvalue weighted by molar-refractivity contribution is -0.133. The van der Waals surface area contributed by atoms with Gasteiger partial charge in [-0.05, 0) is 24.7 Å². The maximum Gasteiger partial charge on any atom is 0.313 e. The first-order valence-electron chi connectivity index (χ1n) is 6.10. The first-order chi connectivity index (χ1) is 8.03. The molecular formula is C12H21NO3S. The van der Waals surface area contributed by atoms with Crippen LogP contribution < -0.4 is 0 Å². The fourth-order valence-corrected chi connectivity index (χ4v) is 2.93. The van der Waals surface area contributed by atoms with Gasteiger partial charge in [-0.3, -0.25) is 9.59 Å². The average Bonchev–Trinajstić information content (AvgIpc) is 2.73. The zero-order valence-electron chi connectivity index (χ0n) is 10.6.